The van der Waals surface area contributed by atoms with Crippen molar-refractivity contribution in [3.8, 4) is 22.3 Å². The molecule has 2 heteroatoms. The third-order valence-electron chi connectivity index (χ3n) is 9.14. The summed E-state index contributed by atoms with van der Waals surface area (Å²) in [7, 11) is 0. The molecule has 0 saturated heterocycles. The van der Waals surface area contributed by atoms with E-state index >= 15 is 0 Å². The summed E-state index contributed by atoms with van der Waals surface area (Å²) in [6.07, 6.45) is 0. The van der Waals surface area contributed by atoms with E-state index in [-0.39, 0.29) is 70.8 Å². The minimum absolute atomic E-state index is 0.104. The van der Waals surface area contributed by atoms with Crippen LogP contribution in [-0.4, -0.2) is 0 Å². The molecule has 9 aromatic carbocycles. The van der Waals surface area contributed by atoms with E-state index in [1.54, 1.807) is 29.2 Å². The Morgan fingerprint density at radius 1 is 0.288 bits per heavy atom. The maximum atomic E-state index is 9.50. The van der Waals surface area contributed by atoms with Gasteiger partial charge in [-0.05, 0) is 99.7 Å². The predicted octanol–water partition coefficient (Wildman–Crippen LogP) is 14.3. The Morgan fingerprint density at radius 3 is 1.06 bits per heavy atom. The topological polar surface area (TPSA) is 6.48 Å². The first-order chi connectivity index (χ1) is 29.2. The molecule has 0 aliphatic heterocycles. The zero-order valence-corrected chi connectivity index (χ0v) is 28.1. The number of para-hydroxylation sites is 3. The maximum Gasteiger partial charge on any atom is 0.0645 e. The van der Waals surface area contributed by atoms with Gasteiger partial charge in [-0.3, -0.25) is 0 Å². The van der Waals surface area contributed by atoms with E-state index in [0.29, 0.717) is 28.2 Å². The number of nitrogens with zero attached hydrogens (tertiary/aromatic N) is 2. The van der Waals surface area contributed by atoms with Crippen molar-refractivity contribution >= 4 is 55.7 Å². The summed E-state index contributed by atoms with van der Waals surface area (Å²) in [6.45, 7) is 0. The minimum Gasteiger partial charge on any atom is -0.311 e. The van der Waals surface area contributed by atoms with E-state index in [1.807, 2.05) is 144 Å². The van der Waals surface area contributed by atoms with Gasteiger partial charge in [0.1, 0.15) is 0 Å². The van der Waals surface area contributed by atoms with E-state index in [9.17, 15) is 8.22 Å². The normalized spacial score (nSPS) is 13.2. The Morgan fingerprint density at radius 2 is 0.635 bits per heavy atom. The van der Waals surface area contributed by atoms with E-state index in [0.717, 1.165) is 27.2 Å². The van der Waals surface area contributed by atoms with Crippen LogP contribution in [0.4, 0.5) is 34.1 Å². The van der Waals surface area contributed by atoms with Gasteiger partial charge in [0.05, 0.1) is 16.7 Å². The Hall–Kier alpha value is -6.90. The largest absolute Gasteiger partial charge is 0.311 e. The van der Waals surface area contributed by atoms with Crippen molar-refractivity contribution in [1.82, 2.24) is 0 Å². The number of anilines is 6. The van der Waals surface area contributed by atoms with Gasteiger partial charge >= 0.3 is 0 Å². The molecule has 0 bridgehead atoms. The Labute approximate surface area is 316 Å². The zero-order chi connectivity index (χ0) is 41.7. The number of hydrogen-bond acceptors (Lipinski definition) is 2. The summed E-state index contributed by atoms with van der Waals surface area (Å²) < 4.78 is 74.4. The fourth-order valence-corrected chi connectivity index (χ4v) is 6.67. The molecule has 9 rings (SSSR count). The lowest BCUT2D eigenvalue weighted by atomic mass is 9.98. The van der Waals surface area contributed by atoms with Gasteiger partial charge in [-0.15, -0.1) is 0 Å². The van der Waals surface area contributed by atoms with Crippen molar-refractivity contribution < 1.29 is 11.0 Å². The van der Waals surface area contributed by atoms with Gasteiger partial charge in [0.2, 0.25) is 0 Å². The number of hydrogen-bond donors (Lipinski definition) is 0. The summed E-state index contributed by atoms with van der Waals surface area (Å²) in [6, 6.07) is 50.9. The van der Waals surface area contributed by atoms with Gasteiger partial charge in [0, 0.05) is 39.2 Å². The van der Waals surface area contributed by atoms with E-state index in [2.05, 4.69) is 6.07 Å². The molecule has 2 nitrogen and oxygen atoms in total. The lowest BCUT2D eigenvalue weighted by Crippen LogP contribution is -2.11. The first-order valence-corrected chi connectivity index (χ1v) is 17.1. The summed E-state index contributed by atoms with van der Waals surface area (Å²) in [5.74, 6) is 0. The Balaban J connectivity index is 1.17. The van der Waals surface area contributed by atoms with Crippen LogP contribution in [0.15, 0.2) is 218 Å². The van der Waals surface area contributed by atoms with Crippen molar-refractivity contribution in [2.45, 2.75) is 0 Å². The van der Waals surface area contributed by atoms with Crippen LogP contribution >= 0.6 is 0 Å². The van der Waals surface area contributed by atoms with Crippen LogP contribution in [-0.2, 0) is 0 Å². The smallest absolute Gasteiger partial charge is 0.0645 e. The first-order valence-electron chi connectivity index (χ1n) is 21.1. The SMILES string of the molecule is [2H]c1c([2H])c(N(c2ccccc2)c2ccccc2)c([2H])c([2H])c1-c1ccc(-c2c([2H])c([2H])c(N(c3ccccc3)c3c4ccccc4cc4ccccc34)c([2H])c2[2H])cc1. The van der Waals surface area contributed by atoms with E-state index < -0.39 is 0 Å². The van der Waals surface area contributed by atoms with Gasteiger partial charge in [-0.2, -0.15) is 0 Å². The van der Waals surface area contributed by atoms with Crippen molar-refractivity contribution in [2.24, 2.45) is 0 Å². The third kappa shape index (κ3) is 5.97. The van der Waals surface area contributed by atoms with E-state index in [1.165, 1.54) is 0 Å². The van der Waals surface area contributed by atoms with Crippen LogP contribution < -0.4 is 9.80 Å². The monoisotopic (exact) mass is 672 g/mol. The van der Waals surface area contributed by atoms with Gasteiger partial charge in [0.15, 0.2) is 0 Å². The fourth-order valence-electron chi connectivity index (χ4n) is 6.67. The average molecular weight is 673 g/mol. The Kier molecular flexibility index (Phi) is 6.23. The quantitative estimate of drug-likeness (QED) is 0.148. The second-order valence-corrected chi connectivity index (χ2v) is 12.4. The zero-order valence-electron chi connectivity index (χ0n) is 36.1. The van der Waals surface area contributed by atoms with Crippen molar-refractivity contribution in [3.63, 3.8) is 0 Å². The Bertz CT molecular complexity index is 2920. The molecule has 246 valence electrons. The molecule has 0 fully saturated rings. The average Bonchev–Trinajstić information content (AvgIpc) is 3.29. The van der Waals surface area contributed by atoms with Crippen molar-refractivity contribution in [2.75, 3.05) is 9.80 Å². The van der Waals surface area contributed by atoms with Gasteiger partial charge in [-0.1, -0.05) is 152 Å². The molecule has 0 saturated carbocycles. The molecular weight excluding hydrogens is 629 g/mol. The molecule has 0 radical (unpaired) electrons. The molecular formula is C50H36N2. The van der Waals surface area contributed by atoms with Crippen LogP contribution in [0, 0.1) is 0 Å². The van der Waals surface area contributed by atoms with Gasteiger partial charge in [0.25, 0.3) is 0 Å². The summed E-state index contributed by atoms with van der Waals surface area (Å²) >= 11 is 0. The molecule has 0 atom stereocenters. The molecule has 0 aliphatic carbocycles. The number of rotatable bonds is 8. The number of benzene rings is 9. The minimum atomic E-state index is -0.222. The standard InChI is InChI=1S/C50H36N2/c1-4-16-43(17-5-1)51(44-18-6-2-7-19-44)46-32-28-39(29-33-46)37-24-26-38(27-25-37)40-30-34-47(35-31-40)52(45-20-8-3-9-21-45)50-48-22-12-10-14-41(48)36-42-15-11-13-23-49(42)50/h1-36H/i28D,29D,30D,31D,32D,33D,34D,35D. The predicted molar refractivity (Wildman–Crippen MR) is 222 cm³/mol. The van der Waals surface area contributed by atoms with Crippen LogP contribution in [0.2, 0.25) is 0 Å². The van der Waals surface area contributed by atoms with Gasteiger partial charge in [-0.25, -0.2) is 0 Å². The molecule has 0 aliphatic rings. The fraction of sp³-hybridized carbons (Fsp3) is 0. The number of fused-ring (bicyclic) bond motifs is 2. The highest BCUT2D eigenvalue weighted by Gasteiger charge is 2.19. The highest BCUT2D eigenvalue weighted by molar-refractivity contribution is 6.14. The summed E-state index contributed by atoms with van der Waals surface area (Å²) in [5, 5.41) is 3.73. The highest BCUT2D eigenvalue weighted by atomic mass is 15.1. The lowest BCUT2D eigenvalue weighted by molar-refractivity contribution is 1.28. The molecule has 0 amide bonds. The van der Waals surface area contributed by atoms with Crippen molar-refractivity contribution in [1.29, 1.82) is 0 Å². The van der Waals surface area contributed by atoms with Crippen LogP contribution in [0.25, 0.3) is 43.8 Å². The summed E-state index contributed by atoms with van der Waals surface area (Å²) in [5.41, 5.74) is 4.06. The van der Waals surface area contributed by atoms with Crippen LogP contribution in [0.1, 0.15) is 11.0 Å². The first kappa shape index (κ1) is 23.5. The molecule has 0 N–H and O–H groups in total. The molecule has 0 unspecified atom stereocenters. The van der Waals surface area contributed by atoms with Crippen molar-refractivity contribution in [3.05, 3.63) is 218 Å². The van der Waals surface area contributed by atoms with E-state index in [4.69, 9.17) is 2.74 Å². The second-order valence-electron chi connectivity index (χ2n) is 12.4. The van der Waals surface area contributed by atoms with Crippen LogP contribution in [0.5, 0.6) is 0 Å². The van der Waals surface area contributed by atoms with Gasteiger partial charge < -0.3 is 9.80 Å². The molecule has 9 aromatic rings. The molecule has 0 heterocycles. The molecule has 52 heavy (non-hydrogen) atoms. The van der Waals surface area contributed by atoms with Crippen LogP contribution in [0.3, 0.4) is 0 Å². The molecule has 0 aromatic heterocycles. The third-order valence-corrected chi connectivity index (χ3v) is 9.14. The second kappa shape index (κ2) is 13.8. The lowest BCUT2D eigenvalue weighted by Gasteiger charge is -2.28. The molecule has 0 spiro atoms. The summed E-state index contributed by atoms with van der Waals surface area (Å²) in [4.78, 5) is 3.56. The highest BCUT2D eigenvalue weighted by Crippen LogP contribution is 2.44. The maximum absolute atomic E-state index is 9.50.